The summed E-state index contributed by atoms with van der Waals surface area (Å²) in [4.78, 5) is 11.1. The highest BCUT2D eigenvalue weighted by Crippen LogP contribution is 2.25. The van der Waals surface area contributed by atoms with Crippen molar-refractivity contribution in [2.24, 2.45) is 5.73 Å². The van der Waals surface area contributed by atoms with E-state index in [1.165, 1.54) is 6.92 Å². The van der Waals surface area contributed by atoms with Crippen LogP contribution >= 0.6 is 0 Å². The van der Waals surface area contributed by atoms with E-state index in [0.717, 1.165) is 5.01 Å². The monoisotopic (exact) mass is 202 g/mol. The predicted molar refractivity (Wildman–Crippen MR) is 46.4 cm³/mol. The SMILES string of the molecule is CC(=O)N1NC(C#N)(C#N)C(C#N)=C1N. The highest BCUT2D eigenvalue weighted by molar-refractivity contribution is 5.77. The zero-order valence-electron chi connectivity index (χ0n) is 7.77. The van der Waals surface area contributed by atoms with Gasteiger partial charge in [0.2, 0.25) is 11.4 Å². The molecule has 3 N–H and O–H groups in total. The quantitative estimate of drug-likeness (QED) is 0.509. The third-order valence-corrected chi connectivity index (χ3v) is 1.91. The van der Waals surface area contributed by atoms with Crippen molar-refractivity contribution < 1.29 is 4.79 Å². The van der Waals surface area contributed by atoms with E-state index in [2.05, 4.69) is 5.43 Å². The molecule has 1 amide bonds. The summed E-state index contributed by atoms with van der Waals surface area (Å²) in [5.74, 6) is -0.722. The molecule has 1 rings (SSSR count). The highest BCUT2D eigenvalue weighted by Gasteiger charge is 2.47. The molecule has 1 heterocycles. The molecule has 0 unspecified atom stereocenters. The van der Waals surface area contributed by atoms with Gasteiger partial charge in [0.1, 0.15) is 29.6 Å². The number of carbonyl (C=O) groups is 1. The molecule has 0 aromatic carbocycles. The molecule has 1 aliphatic heterocycles. The second-order valence-electron chi connectivity index (χ2n) is 2.81. The van der Waals surface area contributed by atoms with Gasteiger partial charge in [-0.2, -0.15) is 21.2 Å². The molecular formula is C8H6N6O. The topological polar surface area (TPSA) is 130 Å². The van der Waals surface area contributed by atoms with Crippen LogP contribution < -0.4 is 11.2 Å². The molecule has 0 radical (unpaired) electrons. The predicted octanol–water partition coefficient (Wildman–Crippen LogP) is -1.17. The van der Waals surface area contributed by atoms with E-state index in [-0.39, 0.29) is 11.4 Å². The minimum absolute atomic E-state index is 0.215. The number of hydrogen-bond acceptors (Lipinski definition) is 6. The fourth-order valence-electron chi connectivity index (χ4n) is 1.16. The average molecular weight is 202 g/mol. The Balaban J connectivity index is 3.36. The highest BCUT2D eigenvalue weighted by atomic mass is 16.2. The van der Waals surface area contributed by atoms with Gasteiger partial charge in [-0.15, -0.1) is 0 Å². The van der Waals surface area contributed by atoms with Crippen LogP contribution in [0.3, 0.4) is 0 Å². The molecule has 7 heteroatoms. The van der Waals surface area contributed by atoms with Gasteiger partial charge in [-0.3, -0.25) is 4.79 Å². The number of nitrogens with two attached hydrogens (primary N) is 1. The number of hydrogen-bond donors (Lipinski definition) is 2. The van der Waals surface area contributed by atoms with E-state index in [1.54, 1.807) is 18.2 Å². The number of nitriles is 3. The van der Waals surface area contributed by atoms with Crippen molar-refractivity contribution >= 4 is 5.91 Å². The van der Waals surface area contributed by atoms with E-state index in [4.69, 9.17) is 21.5 Å². The molecule has 0 aromatic rings. The third-order valence-electron chi connectivity index (χ3n) is 1.91. The summed E-state index contributed by atoms with van der Waals surface area (Å²) in [5, 5.41) is 27.2. The van der Waals surface area contributed by atoms with Crippen molar-refractivity contribution in [2.75, 3.05) is 0 Å². The van der Waals surface area contributed by atoms with Gasteiger partial charge in [-0.1, -0.05) is 0 Å². The smallest absolute Gasteiger partial charge is 0.249 e. The Morgan fingerprint density at radius 2 is 2.00 bits per heavy atom. The van der Waals surface area contributed by atoms with Crippen molar-refractivity contribution in [3.63, 3.8) is 0 Å². The largest absolute Gasteiger partial charge is 0.383 e. The number of hydrazine groups is 1. The maximum atomic E-state index is 11.1. The minimum Gasteiger partial charge on any atom is -0.383 e. The van der Waals surface area contributed by atoms with Gasteiger partial charge >= 0.3 is 0 Å². The summed E-state index contributed by atoms with van der Waals surface area (Å²) in [6.45, 7) is 1.19. The Labute approximate surface area is 85.6 Å². The molecule has 0 atom stereocenters. The molecule has 0 aliphatic carbocycles. The molecule has 0 fully saturated rings. The molecule has 0 spiro atoms. The zero-order valence-corrected chi connectivity index (χ0v) is 7.77. The fraction of sp³-hybridized carbons (Fsp3) is 0.250. The Morgan fingerprint density at radius 1 is 1.47 bits per heavy atom. The van der Waals surface area contributed by atoms with E-state index in [0.29, 0.717) is 0 Å². The average Bonchev–Trinajstić information content (AvgIpc) is 2.51. The molecule has 74 valence electrons. The van der Waals surface area contributed by atoms with Crippen LogP contribution in [-0.4, -0.2) is 16.5 Å². The van der Waals surface area contributed by atoms with Crippen molar-refractivity contribution in [3.8, 4) is 18.2 Å². The van der Waals surface area contributed by atoms with Gasteiger partial charge < -0.3 is 5.73 Å². The van der Waals surface area contributed by atoms with Gasteiger partial charge in [0.05, 0.1) is 0 Å². The van der Waals surface area contributed by atoms with Crippen LogP contribution in [0.4, 0.5) is 0 Å². The van der Waals surface area contributed by atoms with Gasteiger partial charge in [-0.05, 0) is 0 Å². The number of amides is 1. The van der Waals surface area contributed by atoms with Crippen molar-refractivity contribution in [3.05, 3.63) is 11.4 Å². The lowest BCUT2D eigenvalue weighted by molar-refractivity contribution is -0.129. The van der Waals surface area contributed by atoms with Gasteiger partial charge in [0, 0.05) is 6.92 Å². The lowest BCUT2D eigenvalue weighted by Gasteiger charge is -2.17. The van der Waals surface area contributed by atoms with Crippen LogP contribution in [0.5, 0.6) is 0 Å². The molecule has 0 saturated carbocycles. The zero-order chi connectivity index (χ0) is 11.6. The maximum Gasteiger partial charge on any atom is 0.249 e. The van der Waals surface area contributed by atoms with Crippen molar-refractivity contribution in [1.29, 1.82) is 15.8 Å². The number of nitrogens with zero attached hydrogens (tertiary/aromatic N) is 4. The third kappa shape index (κ3) is 1.26. The first-order chi connectivity index (χ1) is 7.02. The van der Waals surface area contributed by atoms with Crippen LogP contribution in [0, 0.1) is 34.0 Å². The molecule has 0 saturated heterocycles. The fourth-order valence-corrected chi connectivity index (χ4v) is 1.16. The number of nitrogens with one attached hydrogen (secondary N) is 1. The number of carbonyl (C=O) groups excluding carboxylic acids is 1. The Bertz CT molecular complexity index is 457. The standard InChI is InChI=1S/C8H6N6O/c1-5(15)14-7(12)6(2-9)8(3-10,4-11)13-14/h13H,12H2,1H3. The first kappa shape index (κ1) is 10.5. The summed E-state index contributed by atoms with van der Waals surface area (Å²) in [5.41, 5.74) is 5.62. The van der Waals surface area contributed by atoms with Crippen LogP contribution in [-0.2, 0) is 4.79 Å². The summed E-state index contributed by atoms with van der Waals surface area (Å²) in [6.07, 6.45) is 0. The van der Waals surface area contributed by atoms with Crippen molar-refractivity contribution in [2.45, 2.75) is 12.5 Å². The second kappa shape index (κ2) is 3.30. The lowest BCUT2D eigenvalue weighted by Crippen LogP contribution is -2.48. The molecule has 7 nitrogen and oxygen atoms in total. The van der Waals surface area contributed by atoms with Crippen LogP contribution in [0.25, 0.3) is 0 Å². The van der Waals surface area contributed by atoms with E-state index in [9.17, 15) is 4.79 Å². The van der Waals surface area contributed by atoms with Crippen LogP contribution in [0.2, 0.25) is 0 Å². The normalized spacial score (nSPS) is 17.9. The summed E-state index contributed by atoms with van der Waals surface area (Å²) in [6, 6.07) is 4.88. The van der Waals surface area contributed by atoms with Crippen LogP contribution in [0.15, 0.2) is 11.4 Å². The van der Waals surface area contributed by atoms with Crippen LogP contribution in [0.1, 0.15) is 6.92 Å². The van der Waals surface area contributed by atoms with E-state index in [1.807, 2.05) is 0 Å². The van der Waals surface area contributed by atoms with Gasteiger partial charge in [-0.25, -0.2) is 5.01 Å². The first-order valence-corrected chi connectivity index (χ1v) is 3.83. The van der Waals surface area contributed by atoms with Gasteiger partial charge in [0.15, 0.2) is 0 Å². The molecule has 0 bridgehead atoms. The van der Waals surface area contributed by atoms with E-state index < -0.39 is 11.4 Å². The first-order valence-electron chi connectivity index (χ1n) is 3.83. The molecule has 15 heavy (non-hydrogen) atoms. The molecular weight excluding hydrogens is 196 g/mol. The molecule has 1 aliphatic rings. The number of rotatable bonds is 0. The summed E-state index contributed by atoms with van der Waals surface area (Å²) >= 11 is 0. The van der Waals surface area contributed by atoms with Gasteiger partial charge in [0.25, 0.3) is 0 Å². The Morgan fingerprint density at radius 3 is 2.27 bits per heavy atom. The Kier molecular flexibility index (Phi) is 2.31. The maximum absolute atomic E-state index is 11.1. The Hall–Kier alpha value is -2.56. The second-order valence-corrected chi connectivity index (χ2v) is 2.81. The van der Waals surface area contributed by atoms with E-state index >= 15 is 0 Å². The minimum atomic E-state index is -1.87. The lowest BCUT2D eigenvalue weighted by atomic mass is 9.96. The molecule has 0 aromatic heterocycles. The summed E-state index contributed by atoms with van der Waals surface area (Å²) < 4.78 is 0. The van der Waals surface area contributed by atoms with Crippen molar-refractivity contribution in [1.82, 2.24) is 10.4 Å². The summed E-state index contributed by atoms with van der Waals surface area (Å²) in [7, 11) is 0.